The normalized spacial score (nSPS) is 17.0. The Morgan fingerprint density at radius 2 is 1.80 bits per heavy atom. The van der Waals surface area contributed by atoms with Crippen molar-refractivity contribution < 1.29 is 0 Å². The monoisotopic (exact) mass is 266 g/mol. The molecule has 0 saturated heterocycles. The van der Waals surface area contributed by atoms with Crippen LogP contribution in [0.1, 0.15) is 18.1 Å². The Kier molecular flexibility index (Phi) is 4.03. The van der Waals surface area contributed by atoms with Crippen molar-refractivity contribution in [2.75, 3.05) is 18.4 Å². The van der Waals surface area contributed by atoms with Gasteiger partial charge in [-0.05, 0) is 30.2 Å². The minimum absolute atomic E-state index is 0.538. The zero-order chi connectivity index (χ0) is 13.8. The first-order chi connectivity index (χ1) is 9.85. The molecule has 1 unspecified atom stereocenters. The molecule has 1 aliphatic heterocycles. The first-order valence-corrected chi connectivity index (χ1v) is 7.46. The van der Waals surface area contributed by atoms with E-state index in [1.165, 1.54) is 16.8 Å². The number of likely N-dealkylation sites (N-methyl/N-ethyl adjacent to an activating group) is 1. The van der Waals surface area contributed by atoms with Crippen LogP contribution in [0.2, 0.25) is 0 Å². The lowest BCUT2D eigenvalue weighted by Gasteiger charge is -2.24. The Bertz CT molecular complexity index is 525. The second kappa shape index (κ2) is 6.10. The molecule has 2 aromatic carbocycles. The SMILES string of the molecule is CCN(Cc1ccccc1)CC1Cc2ccccc2N1. The van der Waals surface area contributed by atoms with Crippen LogP contribution in [0.5, 0.6) is 0 Å². The maximum atomic E-state index is 3.64. The van der Waals surface area contributed by atoms with Crippen molar-refractivity contribution in [2.45, 2.75) is 25.9 Å². The molecular weight excluding hydrogens is 244 g/mol. The van der Waals surface area contributed by atoms with Crippen molar-refractivity contribution in [3.05, 3.63) is 65.7 Å². The summed E-state index contributed by atoms with van der Waals surface area (Å²) in [6, 6.07) is 19.9. The molecule has 0 aliphatic carbocycles. The summed E-state index contributed by atoms with van der Waals surface area (Å²) in [6.07, 6.45) is 1.14. The number of nitrogens with zero attached hydrogens (tertiary/aromatic N) is 1. The van der Waals surface area contributed by atoms with E-state index in [0.29, 0.717) is 6.04 Å². The minimum atomic E-state index is 0.538. The molecule has 1 aliphatic rings. The van der Waals surface area contributed by atoms with Gasteiger partial charge in [0.2, 0.25) is 0 Å². The van der Waals surface area contributed by atoms with Gasteiger partial charge in [0.1, 0.15) is 0 Å². The van der Waals surface area contributed by atoms with Gasteiger partial charge in [-0.3, -0.25) is 4.90 Å². The third-order valence-corrected chi connectivity index (χ3v) is 4.02. The molecule has 1 atom stereocenters. The van der Waals surface area contributed by atoms with Gasteiger partial charge in [0.05, 0.1) is 0 Å². The maximum absolute atomic E-state index is 3.64. The fraction of sp³-hybridized carbons (Fsp3) is 0.333. The summed E-state index contributed by atoms with van der Waals surface area (Å²) < 4.78 is 0. The van der Waals surface area contributed by atoms with E-state index in [1.54, 1.807) is 0 Å². The van der Waals surface area contributed by atoms with Gasteiger partial charge in [-0.15, -0.1) is 0 Å². The number of benzene rings is 2. The highest BCUT2D eigenvalue weighted by atomic mass is 15.1. The summed E-state index contributed by atoms with van der Waals surface area (Å²) >= 11 is 0. The van der Waals surface area contributed by atoms with E-state index in [4.69, 9.17) is 0 Å². The van der Waals surface area contributed by atoms with Crippen LogP contribution in [-0.4, -0.2) is 24.0 Å². The Labute approximate surface area is 121 Å². The number of nitrogens with one attached hydrogen (secondary N) is 1. The molecule has 1 N–H and O–H groups in total. The predicted octanol–water partition coefficient (Wildman–Crippen LogP) is 3.55. The molecule has 2 aromatic rings. The molecule has 1 heterocycles. The lowest BCUT2D eigenvalue weighted by Crippen LogP contribution is -2.35. The lowest BCUT2D eigenvalue weighted by atomic mass is 10.1. The quantitative estimate of drug-likeness (QED) is 0.890. The summed E-state index contributed by atoms with van der Waals surface area (Å²) in [5.41, 5.74) is 4.16. The number of hydrogen-bond acceptors (Lipinski definition) is 2. The highest BCUT2D eigenvalue weighted by molar-refractivity contribution is 5.56. The number of anilines is 1. The van der Waals surface area contributed by atoms with Gasteiger partial charge in [0.15, 0.2) is 0 Å². The first kappa shape index (κ1) is 13.2. The van der Waals surface area contributed by atoms with E-state index in [9.17, 15) is 0 Å². The molecule has 0 spiro atoms. The Morgan fingerprint density at radius 1 is 1.05 bits per heavy atom. The van der Waals surface area contributed by atoms with Crippen LogP contribution >= 0.6 is 0 Å². The number of fused-ring (bicyclic) bond motifs is 1. The fourth-order valence-corrected chi connectivity index (χ4v) is 2.94. The largest absolute Gasteiger partial charge is 0.380 e. The zero-order valence-electron chi connectivity index (χ0n) is 12.0. The summed E-state index contributed by atoms with van der Waals surface area (Å²) in [7, 11) is 0. The average molecular weight is 266 g/mol. The van der Waals surface area contributed by atoms with Crippen LogP contribution in [0, 0.1) is 0 Å². The van der Waals surface area contributed by atoms with Crippen LogP contribution < -0.4 is 5.32 Å². The maximum Gasteiger partial charge on any atom is 0.0429 e. The van der Waals surface area contributed by atoms with E-state index >= 15 is 0 Å². The number of hydrogen-bond donors (Lipinski definition) is 1. The summed E-state index contributed by atoms with van der Waals surface area (Å²) in [5, 5.41) is 3.64. The standard InChI is InChI=1S/C18H22N2/c1-2-20(13-15-8-4-3-5-9-15)14-17-12-16-10-6-7-11-18(16)19-17/h3-11,17,19H,2,12-14H2,1H3. The molecule has 0 fully saturated rings. The third kappa shape index (κ3) is 3.02. The highest BCUT2D eigenvalue weighted by Gasteiger charge is 2.21. The first-order valence-electron chi connectivity index (χ1n) is 7.46. The van der Waals surface area contributed by atoms with Crippen LogP contribution in [0.3, 0.4) is 0 Å². The minimum Gasteiger partial charge on any atom is -0.380 e. The van der Waals surface area contributed by atoms with E-state index in [-0.39, 0.29) is 0 Å². The van der Waals surface area contributed by atoms with Crippen molar-refractivity contribution >= 4 is 5.69 Å². The molecular formula is C18H22N2. The molecule has 104 valence electrons. The smallest absolute Gasteiger partial charge is 0.0429 e. The summed E-state index contributed by atoms with van der Waals surface area (Å²) in [4.78, 5) is 2.51. The Morgan fingerprint density at radius 3 is 2.55 bits per heavy atom. The van der Waals surface area contributed by atoms with Gasteiger partial charge in [0, 0.05) is 24.8 Å². The third-order valence-electron chi connectivity index (χ3n) is 4.02. The summed E-state index contributed by atoms with van der Waals surface area (Å²) in [5.74, 6) is 0. The molecule has 0 saturated carbocycles. The van der Waals surface area contributed by atoms with Gasteiger partial charge in [0.25, 0.3) is 0 Å². The Balaban J connectivity index is 1.60. The van der Waals surface area contributed by atoms with Gasteiger partial charge in [-0.1, -0.05) is 55.5 Å². The number of rotatable bonds is 5. The van der Waals surface area contributed by atoms with Crippen molar-refractivity contribution in [3.8, 4) is 0 Å². The predicted molar refractivity (Wildman–Crippen MR) is 84.9 cm³/mol. The second-order valence-corrected chi connectivity index (χ2v) is 5.52. The van der Waals surface area contributed by atoms with Gasteiger partial charge in [-0.25, -0.2) is 0 Å². The van der Waals surface area contributed by atoms with Crippen molar-refractivity contribution in [2.24, 2.45) is 0 Å². The van der Waals surface area contributed by atoms with E-state index in [2.05, 4.69) is 71.7 Å². The zero-order valence-corrected chi connectivity index (χ0v) is 12.0. The number of para-hydroxylation sites is 1. The molecule has 0 amide bonds. The molecule has 0 aromatic heterocycles. The molecule has 0 bridgehead atoms. The van der Waals surface area contributed by atoms with Crippen LogP contribution in [0.4, 0.5) is 5.69 Å². The molecule has 2 heteroatoms. The molecule has 0 radical (unpaired) electrons. The van der Waals surface area contributed by atoms with Crippen LogP contribution in [-0.2, 0) is 13.0 Å². The fourth-order valence-electron chi connectivity index (χ4n) is 2.94. The van der Waals surface area contributed by atoms with Crippen molar-refractivity contribution in [1.82, 2.24) is 4.90 Å². The van der Waals surface area contributed by atoms with Crippen molar-refractivity contribution in [3.63, 3.8) is 0 Å². The van der Waals surface area contributed by atoms with Gasteiger partial charge < -0.3 is 5.32 Å². The molecule has 20 heavy (non-hydrogen) atoms. The highest BCUT2D eigenvalue weighted by Crippen LogP contribution is 2.25. The van der Waals surface area contributed by atoms with E-state index in [1.807, 2.05) is 0 Å². The van der Waals surface area contributed by atoms with Gasteiger partial charge >= 0.3 is 0 Å². The van der Waals surface area contributed by atoms with Crippen molar-refractivity contribution in [1.29, 1.82) is 0 Å². The lowest BCUT2D eigenvalue weighted by molar-refractivity contribution is 0.268. The summed E-state index contributed by atoms with van der Waals surface area (Å²) in [6.45, 7) is 5.46. The van der Waals surface area contributed by atoms with Crippen LogP contribution in [0.15, 0.2) is 54.6 Å². The molecule has 2 nitrogen and oxygen atoms in total. The van der Waals surface area contributed by atoms with Crippen LogP contribution in [0.25, 0.3) is 0 Å². The average Bonchev–Trinajstić information content (AvgIpc) is 2.90. The van der Waals surface area contributed by atoms with Gasteiger partial charge in [-0.2, -0.15) is 0 Å². The van der Waals surface area contributed by atoms with E-state index < -0.39 is 0 Å². The topological polar surface area (TPSA) is 15.3 Å². The van der Waals surface area contributed by atoms with E-state index in [0.717, 1.165) is 26.1 Å². The molecule has 3 rings (SSSR count). The second-order valence-electron chi connectivity index (χ2n) is 5.52. The Hall–Kier alpha value is -1.80.